The number of aryl methyl sites for hydroxylation is 2. The van der Waals surface area contributed by atoms with E-state index in [4.69, 9.17) is 0 Å². The quantitative estimate of drug-likeness (QED) is 0.198. The largest absolute Gasteiger partial charge is 0.268 e. The minimum absolute atomic E-state index is 0.0603. The number of benzene rings is 4. The van der Waals surface area contributed by atoms with Crippen LogP contribution < -0.4 is 0 Å². The molecule has 0 saturated heterocycles. The third kappa shape index (κ3) is 5.94. The smallest absolute Gasteiger partial charge is 0.248 e. The summed E-state index contributed by atoms with van der Waals surface area (Å²) < 4.78 is 59.9. The zero-order valence-corrected chi connectivity index (χ0v) is 25.9. The topological polar surface area (TPSA) is 107 Å². The Labute approximate surface area is 257 Å². The highest BCUT2D eigenvalue weighted by molar-refractivity contribution is 7.90. The average molecular weight is 626 g/mol. The van der Waals surface area contributed by atoms with Crippen molar-refractivity contribution < 1.29 is 16.8 Å². The fourth-order valence-corrected chi connectivity index (χ4v) is 7.86. The van der Waals surface area contributed by atoms with E-state index < -0.39 is 20.0 Å². The Bertz CT molecular complexity index is 2140. The lowest BCUT2D eigenvalue weighted by molar-refractivity contribution is 0.397. The third-order valence-corrected chi connectivity index (χ3v) is 10.9. The Morgan fingerprint density at radius 1 is 0.682 bits per heavy atom. The van der Waals surface area contributed by atoms with Crippen molar-refractivity contribution >= 4 is 30.9 Å². The van der Waals surface area contributed by atoms with E-state index in [1.165, 1.54) is 14.5 Å². The highest BCUT2D eigenvalue weighted by Crippen LogP contribution is 2.29. The zero-order valence-electron chi connectivity index (χ0n) is 24.3. The first-order valence-electron chi connectivity index (χ1n) is 14.0. The molecule has 0 N–H and O–H groups in total. The number of fused-ring (bicyclic) bond motifs is 1. The molecule has 2 heterocycles. The van der Waals surface area contributed by atoms with Gasteiger partial charge in [-0.05, 0) is 55.3 Å². The van der Waals surface area contributed by atoms with Gasteiger partial charge in [0.15, 0.2) is 0 Å². The standard InChI is InChI=1S/C33H31N5O4S2/c1-25-12-16-30(17-13-25)43(39,40)37(24-29-23-36(35-34-29)20-27-8-4-3-5-9-27)21-28-22-38(33-11-7-6-10-32(28)33)44(41,42)31-18-14-26(2)15-19-31/h3-19,22-23H,20-21,24H2,1-2H3. The van der Waals surface area contributed by atoms with Crippen LogP contribution in [0.2, 0.25) is 0 Å². The fourth-order valence-electron chi connectivity index (χ4n) is 5.08. The van der Waals surface area contributed by atoms with Crippen LogP contribution in [0, 0.1) is 13.8 Å². The fraction of sp³-hybridized carbons (Fsp3) is 0.152. The first-order chi connectivity index (χ1) is 21.1. The van der Waals surface area contributed by atoms with Gasteiger partial charge in [-0.25, -0.2) is 25.5 Å². The molecule has 9 nitrogen and oxygen atoms in total. The molecule has 224 valence electrons. The van der Waals surface area contributed by atoms with Crippen molar-refractivity contribution in [1.82, 2.24) is 23.3 Å². The molecule has 6 rings (SSSR count). The van der Waals surface area contributed by atoms with Gasteiger partial charge in [-0.1, -0.05) is 89.1 Å². The molecule has 11 heteroatoms. The van der Waals surface area contributed by atoms with Gasteiger partial charge in [-0.3, -0.25) is 0 Å². The molecular weight excluding hydrogens is 595 g/mol. The Morgan fingerprint density at radius 2 is 1.30 bits per heavy atom. The summed E-state index contributed by atoms with van der Waals surface area (Å²) >= 11 is 0. The van der Waals surface area contributed by atoms with Gasteiger partial charge in [0.2, 0.25) is 10.0 Å². The van der Waals surface area contributed by atoms with Crippen molar-refractivity contribution in [2.24, 2.45) is 0 Å². The molecule has 0 spiro atoms. The third-order valence-electron chi connectivity index (χ3n) is 7.46. The van der Waals surface area contributed by atoms with Gasteiger partial charge in [0.25, 0.3) is 10.0 Å². The summed E-state index contributed by atoms with van der Waals surface area (Å²) in [6.07, 6.45) is 3.25. The van der Waals surface area contributed by atoms with E-state index in [2.05, 4.69) is 10.3 Å². The van der Waals surface area contributed by atoms with Gasteiger partial charge in [-0.15, -0.1) is 5.10 Å². The predicted molar refractivity (Wildman–Crippen MR) is 169 cm³/mol. The number of rotatable bonds is 10. The van der Waals surface area contributed by atoms with Crippen molar-refractivity contribution in [3.05, 3.63) is 143 Å². The lowest BCUT2D eigenvalue weighted by atomic mass is 10.2. The van der Waals surface area contributed by atoms with Crippen molar-refractivity contribution in [3.8, 4) is 0 Å². The van der Waals surface area contributed by atoms with Crippen LogP contribution >= 0.6 is 0 Å². The highest BCUT2D eigenvalue weighted by Gasteiger charge is 2.29. The SMILES string of the molecule is Cc1ccc(S(=O)(=O)N(Cc2cn(Cc3ccccc3)nn2)Cc2cn(S(=O)(=O)c3ccc(C)cc3)c3ccccc23)cc1. The molecule has 0 fully saturated rings. The van der Waals surface area contributed by atoms with Crippen molar-refractivity contribution in [1.29, 1.82) is 0 Å². The van der Waals surface area contributed by atoms with Crippen molar-refractivity contribution in [3.63, 3.8) is 0 Å². The number of sulfonamides is 1. The summed E-state index contributed by atoms with van der Waals surface area (Å²) in [5.74, 6) is 0. The average Bonchev–Trinajstić information content (AvgIpc) is 3.62. The second kappa shape index (κ2) is 11.8. The summed E-state index contributed by atoms with van der Waals surface area (Å²) in [7, 11) is -7.97. The maximum Gasteiger partial charge on any atom is 0.268 e. The van der Waals surface area contributed by atoms with Crippen LogP contribution in [0.25, 0.3) is 10.9 Å². The molecule has 0 unspecified atom stereocenters. The second-order valence-corrected chi connectivity index (χ2v) is 14.5. The van der Waals surface area contributed by atoms with E-state index in [1.807, 2.05) is 50.2 Å². The zero-order chi connectivity index (χ0) is 30.9. The molecule has 6 aromatic rings. The Hall–Kier alpha value is -4.58. The highest BCUT2D eigenvalue weighted by atomic mass is 32.2. The summed E-state index contributed by atoms with van der Waals surface area (Å²) in [6, 6.07) is 30.2. The predicted octanol–water partition coefficient (Wildman–Crippen LogP) is 5.53. The van der Waals surface area contributed by atoms with Crippen LogP contribution in [0.5, 0.6) is 0 Å². The molecule has 2 aromatic heterocycles. The van der Waals surface area contributed by atoms with E-state index in [9.17, 15) is 16.8 Å². The van der Waals surface area contributed by atoms with Crippen LogP contribution in [0.15, 0.2) is 125 Å². The monoisotopic (exact) mass is 625 g/mol. The maximum atomic E-state index is 14.1. The van der Waals surface area contributed by atoms with Crippen LogP contribution in [0.3, 0.4) is 0 Å². The number of para-hydroxylation sites is 1. The molecule has 0 saturated carbocycles. The number of hydrogen-bond donors (Lipinski definition) is 0. The summed E-state index contributed by atoms with van der Waals surface area (Å²) in [5.41, 5.74) is 4.39. The lowest BCUT2D eigenvalue weighted by Gasteiger charge is -2.21. The first-order valence-corrected chi connectivity index (χ1v) is 16.9. The number of nitrogens with zero attached hydrogens (tertiary/aromatic N) is 5. The van der Waals surface area contributed by atoms with Crippen molar-refractivity contribution in [2.45, 2.75) is 43.3 Å². The molecule has 0 bridgehead atoms. The van der Waals surface area contributed by atoms with Gasteiger partial charge in [-0.2, -0.15) is 4.31 Å². The number of hydrogen-bond acceptors (Lipinski definition) is 6. The second-order valence-electron chi connectivity index (χ2n) is 10.8. The van der Waals surface area contributed by atoms with Crippen molar-refractivity contribution in [2.75, 3.05) is 0 Å². The molecule has 0 amide bonds. The first kappa shape index (κ1) is 29.5. The summed E-state index contributed by atoms with van der Waals surface area (Å²) in [4.78, 5) is 0.283. The Balaban J connectivity index is 1.40. The lowest BCUT2D eigenvalue weighted by Crippen LogP contribution is -2.30. The maximum absolute atomic E-state index is 14.1. The normalized spacial score (nSPS) is 12.2. The minimum Gasteiger partial charge on any atom is -0.248 e. The molecule has 0 atom stereocenters. The van der Waals surface area contributed by atoms with E-state index in [1.54, 1.807) is 77.6 Å². The van der Waals surface area contributed by atoms with Crippen LogP contribution in [-0.2, 0) is 39.7 Å². The molecule has 0 aliphatic carbocycles. The van der Waals surface area contributed by atoms with E-state index in [0.717, 1.165) is 16.7 Å². The van der Waals surface area contributed by atoms with Crippen LogP contribution in [0.1, 0.15) is 27.9 Å². The Kier molecular flexibility index (Phi) is 7.93. The van der Waals surface area contributed by atoms with Crippen LogP contribution in [-0.4, -0.2) is 40.1 Å². The molecule has 0 aliphatic rings. The van der Waals surface area contributed by atoms with E-state index >= 15 is 0 Å². The van der Waals surface area contributed by atoms with E-state index in [-0.39, 0.29) is 22.9 Å². The summed E-state index contributed by atoms with van der Waals surface area (Å²) in [5, 5.41) is 9.14. The van der Waals surface area contributed by atoms with Gasteiger partial charge < -0.3 is 0 Å². The van der Waals surface area contributed by atoms with Gasteiger partial charge in [0.05, 0.1) is 40.3 Å². The minimum atomic E-state index is -4.02. The van der Waals surface area contributed by atoms with Crippen LogP contribution in [0.4, 0.5) is 0 Å². The molecule has 0 radical (unpaired) electrons. The Morgan fingerprint density at radius 3 is 1.98 bits per heavy atom. The van der Waals surface area contributed by atoms with Gasteiger partial charge in [0, 0.05) is 18.1 Å². The molecule has 4 aromatic carbocycles. The van der Waals surface area contributed by atoms with Gasteiger partial charge in [0.1, 0.15) is 0 Å². The number of aromatic nitrogens is 4. The van der Waals surface area contributed by atoms with E-state index in [0.29, 0.717) is 28.7 Å². The molecular formula is C33H31N5O4S2. The molecule has 0 aliphatic heterocycles. The summed E-state index contributed by atoms with van der Waals surface area (Å²) in [6.45, 7) is 4.13. The van der Waals surface area contributed by atoms with Gasteiger partial charge >= 0.3 is 0 Å². The molecule has 44 heavy (non-hydrogen) atoms.